The molecule has 0 spiro atoms. The fourth-order valence-corrected chi connectivity index (χ4v) is 3.51. The van der Waals surface area contributed by atoms with Crippen LogP contribution in [0.5, 0.6) is 0 Å². The number of ether oxygens (including phenoxy) is 1. The van der Waals surface area contributed by atoms with Gasteiger partial charge >= 0.3 is 18.3 Å². The predicted molar refractivity (Wildman–Crippen MR) is 134 cm³/mol. The molecule has 0 N–H and O–H groups in total. The molecule has 0 bridgehead atoms. The zero-order valence-electron chi connectivity index (χ0n) is 20.6. The first kappa shape index (κ1) is 31.4. The minimum Gasteiger partial charge on any atom is -0.635 e. The number of hydrogen-bond acceptors (Lipinski definition) is 5. The van der Waals surface area contributed by atoms with E-state index in [9.17, 15) is 31.1 Å². The minimum absolute atomic E-state index is 0. The van der Waals surface area contributed by atoms with Gasteiger partial charge < -0.3 is 4.74 Å². The summed E-state index contributed by atoms with van der Waals surface area (Å²) in [5.41, 5.74) is 0.664. The van der Waals surface area contributed by atoms with Gasteiger partial charge in [0.25, 0.3) is 0 Å². The maximum atomic E-state index is 12.9. The van der Waals surface area contributed by atoms with Crippen molar-refractivity contribution in [1.82, 2.24) is 15.0 Å². The van der Waals surface area contributed by atoms with Crippen molar-refractivity contribution in [3.05, 3.63) is 121 Å². The molecule has 0 unspecified atom stereocenters. The van der Waals surface area contributed by atoms with Gasteiger partial charge in [0.2, 0.25) is 0 Å². The Morgan fingerprint density at radius 1 is 0.732 bits per heavy atom. The van der Waals surface area contributed by atoms with Crippen molar-refractivity contribution in [2.45, 2.75) is 12.4 Å². The van der Waals surface area contributed by atoms with Gasteiger partial charge in [0, 0.05) is 32.0 Å². The third-order valence-corrected chi connectivity index (χ3v) is 5.46. The van der Waals surface area contributed by atoms with E-state index in [4.69, 9.17) is 0 Å². The van der Waals surface area contributed by atoms with Crippen molar-refractivity contribution in [3.8, 4) is 22.5 Å². The van der Waals surface area contributed by atoms with E-state index in [1.807, 2.05) is 0 Å². The van der Waals surface area contributed by atoms with Gasteiger partial charge in [-0.05, 0) is 47.5 Å². The molecule has 0 aliphatic heterocycles. The molecule has 2 heterocycles. The molecular formula is C29H17F6IrN3O2-2. The Hall–Kier alpha value is -4.15. The molecule has 3 aromatic carbocycles. The van der Waals surface area contributed by atoms with Crippen LogP contribution < -0.4 is 0 Å². The van der Waals surface area contributed by atoms with Crippen LogP contribution in [0.25, 0.3) is 33.5 Å². The largest absolute Gasteiger partial charge is 0.635 e. The van der Waals surface area contributed by atoms with Gasteiger partial charge in [-0.3, -0.25) is 9.97 Å². The van der Waals surface area contributed by atoms with E-state index >= 15 is 0 Å². The van der Waals surface area contributed by atoms with Crippen molar-refractivity contribution in [2.24, 2.45) is 0 Å². The van der Waals surface area contributed by atoms with Crippen LogP contribution in [0.3, 0.4) is 0 Å². The quantitative estimate of drug-likeness (QED) is 0.107. The summed E-state index contributed by atoms with van der Waals surface area (Å²) >= 11 is 0. The predicted octanol–water partition coefficient (Wildman–Crippen LogP) is 7.83. The number of carbonyl (C=O) groups is 1. The monoisotopic (exact) mass is 746 g/mol. The molecule has 41 heavy (non-hydrogen) atoms. The van der Waals surface area contributed by atoms with Gasteiger partial charge in [0.1, 0.15) is 5.69 Å². The molecule has 1 radical (unpaired) electrons. The first-order valence-electron chi connectivity index (χ1n) is 11.4. The molecule has 0 aliphatic rings. The van der Waals surface area contributed by atoms with E-state index in [0.29, 0.717) is 16.6 Å². The number of nitrogens with zero attached hydrogens (tertiary/aromatic N) is 3. The number of halogens is 6. The number of aromatic nitrogens is 3. The van der Waals surface area contributed by atoms with Gasteiger partial charge in [-0.2, -0.15) is 33.5 Å². The number of esters is 1. The Morgan fingerprint density at radius 3 is 1.78 bits per heavy atom. The van der Waals surface area contributed by atoms with Crippen molar-refractivity contribution in [2.75, 3.05) is 0 Å². The summed E-state index contributed by atoms with van der Waals surface area (Å²) in [7, 11) is 2.97. The molecule has 0 atom stereocenters. The van der Waals surface area contributed by atoms with Gasteiger partial charge in [-0.15, -0.1) is 29.8 Å². The maximum Gasteiger partial charge on any atom is 0.416 e. The van der Waals surface area contributed by atoms with Gasteiger partial charge in [-0.25, -0.2) is 9.78 Å². The maximum absolute atomic E-state index is 12.9. The Kier molecular flexibility index (Phi) is 9.96. The SMILES string of the molecule is FC(F)(F)c1c[c-]c(-c2nc3ccccc3nc2-c2ccc(C(F)(F)F)cc2)cc1.[CH2-]OC(=O)c1ccccn1.[Ir]. The van der Waals surface area contributed by atoms with Crippen LogP contribution in [0.4, 0.5) is 26.3 Å². The molecule has 12 heteroatoms. The standard InChI is InChI=1S/C22H11F6N2.C7H6NO2.Ir/c23-21(24,25)15-9-5-13(6-10-15)19-20(30-18-4-2-1-3-17(18)29-19)14-7-11-16(12-8-14)22(26,27)28;1-10-7(9)6-4-2-3-5-8-6;/h1-7,9-12H;2-5H,1H2;/q2*-1;. The van der Waals surface area contributed by atoms with Gasteiger partial charge in [0.05, 0.1) is 22.3 Å². The zero-order chi connectivity index (χ0) is 28.9. The molecular weight excluding hydrogens is 729 g/mol. The van der Waals surface area contributed by atoms with Crippen LogP contribution in [0.1, 0.15) is 21.6 Å². The topological polar surface area (TPSA) is 65.0 Å². The fourth-order valence-electron chi connectivity index (χ4n) is 3.51. The molecule has 0 amide bonds. The molecule has 5 rings (SSSR count). The van der Waals surface area contributed by atoms with Gasteiger partial charge in [-0.1, -0.05) is 30.3 Å². The van der Waals surface area contributed by atoms with Crippen LogP contribution in [0, 0.1) is 13.2 Å². The van der Waals surface area contributed by atoms with E-state index in [-0.39, 0.29) is 42.8 Å². The van der Waals surface area contributed by atoms with E-state index in [1.165, 1.54) is 24.4 Å². The smallest absolute Gasteiger partial charge is 0.416 e. The Bertz CT molecular complexity index is 1510. The first-order valence-corrected chi connectivity index (χ1v) is 11.4. The number of carbonyl (C=O) groups excluding carboxylic acids is 1. The summed E-state index contributed by atoms with van der Waals surface area (Å²) < 4.78 is 81.4. The Morgan fingerprint density at radius 2 is 1.29 bits per heavy atom. The fraction of sp³-hybridized carbons (Fsp3) is 0.0690. The summed E-state index contributed by atoms with van der Waals surface area (Å²) in [6.07, 6.45) is -7.48. The average molecular weight is 746 g/mol. The normalized spacial score (nSPS) is 11.2. The van der Waals surface area contributed by atoms with Gasteiger partial charge in [0.15, 0.2) is 0 Å². The number of alkyl halides is 6. The molecule has 213 valence electrons. The van der Waals surface area contributed by atoms with Crippen LogP contribution in [0.2, 0.25) is 0 Å². The number of fused-ring (bicyclic) bond motifs is 1. The second-order valence-electron chi connectivity index (χ2n) is 8.12. The van der Waals surface area contributed by atoms with E-state index in [2.05, 4.69) is 32.9 Å². The van der Waals surface area contributed by atoms with E-state index in [0.717, 1.165) is 24.3 Å². The van der Waals surface area contributed by atoms with Crippen molar-refractivity contribution < 1.29 is 56.0 Å². The summed E-state index contributed by atoms with van der Waals surface area (Å²) in [6.45, 7) is 0. The molecule has 0 aliphatic carbocycles. The zero-order valence-corrected chi connectivity index (χ0v) is 23.0. The van der Waals surface area contributed by atoms with Crippen LogP contribution in [-0.4, -0.2) is 20.9 Å². The number of rotatable bonds is 3. The van der Waals surface area contributed by atoms with Crippen LogP contribution in [-0.2, 0) is 37.2 Å². The number of pyridine rings is 1. The molecule has 0 saturated heterocycles. The average Bonchev–Trinajstić information content (AvgIpc) is 2.96. The molecule has 2 aromatic heterocycles. The summed E-state index contributed by atoms with van der Waals surface area (Å²) in [5.74, 6) is -0.513. The third kappa shape index (κ3) is 7.74. The molecule has 5 nitrogen and oxygen atoms in total. The Balaban J connectivity index is 0.000000357. The molecule has 5 aromatic rings. The minimum atomic E-state index is -4.51. The third-order valence-electron chi connectivity index (χ3n) is 5.46. The Labute approximate surface area is 243 Å². The number of para-hydroxylation sites is 2. The summed E-state index contributed by atoms with van der Waals surface area (Å²) in [6, 6.07) is 21.7. The van der Waals surface area contributed by atoms with Crippen LogP contribution in [0.15, 0.2) is 91.1 Å². The summed E-state index contributed by atoms with van der Waals surface area (Å²) in [4.78, 5) is 23.4. The first-order chi connectivity index (χ1) is 19.0. The second-order valence-corrected chi connectivity index (χ2v) is 8.12. The van der Waals surface area contributed by atoms with Crippen molar-refractivity contribution in [3.63, 3.8) is 0 Å². The van der Waals surface area contributed by atoms with E-state index < -0.39 is 29.4 Å². The second kappa shape index (κ2) is 13.0. The number of benzene rings is 3. The molecule has 0 saturated carbocycles. The molecule has 0 fully saturated rings. The number of hydrogen-bond donors (Lipinski definition) is 0. The van der Waals surface area contributed by atoms with E-state index in [1.54, 1.807) is 42.5 Å². The van der Waals surface area contributed by atoms with Crippen molar-refractivity contribution >= 4 is 17.0 Å². The van der Waals surface area contributed by atoms with Crippen molar-refractivity contribution in [1.29, 1.82) is 0 Å². The van der Waals surface area contributed by atoms with Crippen LogP contribution >= 0.6 is 0 Å². The summed E-state index contributed by atoms with van der Waals surface area (Å²) in [5, 5.41) is 0.